The van der Waals surface area contributed by atoms with Crippen molar-refractivity contribution >= 4 is 21.5 Å². The van der Waals surface area contributed by atoms with E-state index in [0.717, 1.165) is 33.0 Å². The average molecular weight is 541 g/mol. The van der Waals surface area contributed by atoms with Crippen LogP contribution in [0.15, 0.2) is 121 Å². The Morgan fingerprint density at radius 1 is 0.381 bits per heavy atom. The maximum atomic E-state index is 9.06. The molecular formula is C36H20N4O2. The monoisotopic (exact) mass is 540 g/mol. The van der Waals surface area contributed by atoms with Crippen molar-refractivity contribution < 1.29 is 9.47 Å². The van der Waals surface area contributed by atoms with E-state index in [-0.39, 0.29) is 0 Å². The fraction of sp³-hybridized carbons (Fsp3) is 0. The summed E-state index contributed by atoms with van der Waals surface area (Å²) in [6.07, 6.45) is 0. The molecule has 0 aliphatic heterocycles. The van der Waals surface area contributed by atoms with Crippen LogP contribution < -0.4 is 9.47 Å². The molecule has 0 atom stereocenters. The largest absolute Gasteiger partial charge is 0.457 e. The third-order valence-electron chi connectivity index (χ3n) is 6.42. The molecule has 0 heterocycles. The molecule has 0 aromatic heterocycles. The molecule has 6 aromatic carbocycles. The Hall–Kier alpha value is -6.60. The van der Waals surface area contributed by atoms with E-state index in [1.165, 1.54) is 0 Å². The lowest BCUT2D eigenvalue weighted by atomic mass is 10.1. The van der Waals surface area contributed by atoms with E-state index in [1.54, 1.807) is 36.4 Å². The van der Waals surface area contributed by atoms with E-state index in [2.05, 4.69) is 0 Å². The quantitative estimate of drug-likeness (QED) is 0.221. The van der Waals surface area contributed by atoms with Crippen LogP contribution in [0.4, 0.5) is 0 Å². The highest BCUT2D eigenvalue weighted by molar-refractivity contribution is 5.89. The molecule has 0 radical (unpaired) electrons. The Kier molecular flexibility index (Phi) is 8.03. The summed E-state index contributed by atoms with van der Waals surface area (Å²) in [5, 5.41) is 40.1. The maximum Gasteiger partial charge on any atom is 0.135 e. The zero-order valence-electron chi connectivity index (χ0n) is 22.2. The SMILES string of the molecule is N#Cc1ccc(Oc2cccc3ccccc23)cc1C#N.N#Cc1ccc(Oc2cccc3ccccc23)cc1C#N. The molecule has 6 rings (SSSR count). The maximum absolute atomic E-state index is 9.06. The van der Waals surface area contributed by atoms with Crippen molar-refractivity contribution in [3.8, 4) is 47.3 Å². The van der Waals surface area contributed by atoms with E-state index in [4.69, 9.17) is 30.5 Å². The summed E-state index contributed by atoms with van der Waals surface area (Å²) in [5.41, 5.74) is 1.33. The highest BCUT2D eigenvalue weighted by atomic mass is 16.5. The molecule has 42 heavy (non-hydrogen) atoms. The second-order valence-corrected chi connectivity index (χ2v) is 9.02. The van der Waals surface area contributed by atoms with Crippen LogP contribution in [-0.4, -0.2) is 0 Å². The fourth-order valence-electron chi connectivity index (χ4n) is 4.38. The molecule has 196 valence electrons. The number of rotatable bonds is 4. The lowest BCUT2D eigenvalue weighted by molar-refractivity contribution is 0.488. The Bertz CT molecular complexity index is 1940. The fourth-order valence-corrected chi connectivity index (χ4v) is 4.38. The van der Waals surface area contributed by atoms with Gasteiger partial charge in [-0.2, -0.15) is 21.0 Å². The second kappa shape index (κ2) is 12.5. The smallest absolute Gasteiger partial charge is 0.135 e. The van der Waals surface area contributed by atoms with Crippen LogP contribution in [0.1, 0.15) is 22.3 Å². The molecule has 0 amide bonds. The summed E-state index contributed by atoms with van der Waals surface area (Å²) in [5.74, 6) is 2.53. The standard InChI is InChI=1S/2C18H10N2O/c2*19-11-14-8-9-16(10-15(14)12-20)21-18-7-3-5-13-4-1-2-6-17(13)18/h2*1-10H. The molecular weight excluding hydrogens is 520 g/mol. The first-order valence-electron chi connectivity index (χ1n) is 12.8. The van der Waals surface area contributed by atoms with Gasteiger partial charge in [0.05, 0.1) is 22.3 Å². The van der Waals surface area contributed by atoms with Gasteiger partial charge in [0.15, 0.2) is 0 Å². The first-order valence-corrected chi connectivity index (χ1v) is 12.8. The van der Waals surface area contributed by atoms with Crippen LogP contribution in [0.2, 0.25) is 0 Å². The number of nitriles is 4. The van der Waals surface area contributed by atoms with Gasteiger partial charge in [-0.05, 0) is 59.3 Å². The molecule has 6 nitrogen and oxygen atoms in total. The molecule has 0 aliphatic carbocycles. The zero-order chi connectivity index (χ0) is 29.3. The zero-order valence-corrected chi connectivity index (χ0v) is 22.2. The normalized spacial score (nSPS) is 9.81. The van der Waals surface area contributed by atoms with Gasteiger partial charge in [-0.15, -0.1) is 0 Å². The van der Waals surface area contributed by atoms with Crippen molar-refractivity contribution in [3.63, 3.8) is 0 Å². The highest BCUT2D eigenvalue weighted by Gasteiger charge is 2.08. The first-order chi connectivity index (χ1) is 20.6. The van der Waals surface area contributed by atoms with Gasteiger partial charge in [-0.1, -0.05) is 72.8 Å². The van der Waals surface area contributed by atoms with E-state index >= 15 is 0 Å². The topological polar surface area (TPSA) is 114 Å². The van der Waals surface area contributed by atoms with Crippen LogP contribution in [0.5, 0.6) is 23.0 Å². The number of hydrogen-bond donors (Lipinski definition) is 0. The summed E-state index contributed by atoms with van der Waals surface area (Å²) in [7, 11) is 0. The Labute approximate surface area is 242 Å². The first kappa shape index (κ1) is 27.0. The minimum absolute atomic E-state index is 0.315. The van der Waals surface area contributed by atoms with E-state index < -0.39 is 0 Å². The molecule has 0 N–H and O–H groups in total. The van der Waals surface area contributed by atoms with Gasteiger partial charge < -0.3 is 9.47 Å². The highest BCUT2D eigenvalue weighted by Crippen LogP contribution is 2.32. The molecule has 0 bridgehead atoms. The molecule has 6 heteroatoms. The predicted molar refractivity (Wildman–Crippen MR) is 160 cm³/mol. The lowest BCUT2D eigenvalue weighted by Crippen LogP contribution is -1.89. The van der Waals surface area contributed by atoms with Gasteiger partial charge in [0.1, 0.15) is 47.3 Å². The summed E-state index contributed by atoms with van der Waals surface area (Å²) in [6, 6.07) is 45.2. The Morgan fingerprint density at radius 2 is 0.762 bits per heavy atom. The van der Waals surface area contributed by atoms with E-state index in [0.29, 0.717) is 33.8 Å². The van der Waals surface area contributed by atoms with Gasteiger partial charge in [-0.25, -0.2) is 0 Å². The minimum atomic E-state index is 0.315. The second-order valence-electron chi connectivity index (χ2n) is 9.02. The van der Waals surface area contributed by atoms with Crippen molar-refractivity contribution in [2.75, 3.05) is 0 Å². The van der Waals surface area contributed by atoms with Crippen LogP contribution in [0.25, 0.3) is 21.5 Å². The van der Waals surface area contributed by atoms with Gasteiger partial charge in [0.2, 0.25) is 0 Å². The van der Waals surface area contributed by atoms with Crippen LogP contribution in [-0.2, 0) is 0 Å². The number of benzene rings is 6. The van der Waals surface area contributed by atoms with Crippen molar-refractivity contribution in [2.45, 2.75) is 0 Å². The predicted octanol–water partition coefficient (Wildman–Crippen LogP) is 8.75. The van der Waals surface area contributed by atoms with Crippen LogP contribution in [0.3, 0.4) is 0 Å². The molecule has 0 saturated heterocycles. The Morgan fingerprint density at radius 3 is 1.17 bits per heavy atom. The van der Waals surface area contributed by atoms with Crippen molar-refractivity contribution in [1.82, 2.24) is 0 Å². The van der Waals surface area contributed by atoms with Crippen LogP contribution >= 0.6 is 0 Å². The van der Waals surface area contributed by atoms with Crippen LogP contribution in [0, 0.1) is 45.3 Å². The minimum Gasteiger partial charge on any atom is -0.457 e. The molecule has 0 aliphatic rings. The average Bonchev–Trinajstić information content (AvgIpc) is 3.05. The Balaban J connectivity index is 0.000000168. The number of nitrogens with zero attached hydrogens (tertiary/aromatic N) is 4. The van der Waals surface area contributed by atoms with Gasteiger partial charge in [0, 0.05) is 10.8 Å². The summed E-state index contributed by atoms with van der Waals surface area (Å²) in [6.45, 7) is 0. The number of hydrogen-bond acceptors (Lipinski definition) is 6. The molecule has 0 fully saturated rings. The number of fused-ring (bicyclic) bond motifs is 2. The van der Waals surface area contributed by atoms with Gasteiger partial charge in [-0.3, -0.25) is 0 Å². The van der Waals surface area contributed by atoms with Gasteiger partial charge in [0.25, 0.3) is 0 Å². The summed E-state index contributed by atoms with van der Waals surface area (Å²) in [4.78, 5) is 0. The third-order valence-corrected chi connectivity index (χ3v) is 6.42. The number of ether oxygens (including phenoxy) is 2. The van der Waals surface area contributed by atoms with Crippen molar-refractivity contribution in [3.05, 3.63) is 144 Å². The molecule has 0 spiro atoms. The molecule has 0 unspecified atom stereocenters. The van der Waals surface area contributed by atoms with Crippen molar-refractivity contribution in [1.29, 1.82) is 21.0 Å². The lowest BCUT2D eigenvalue weighted by Gasteiger charge is -2.09. The van der Waals surface area contributed by atoms with E-state index in [9.17, 15) is 0 Å². The van der Waals surface area contributed by atoms with Crippen molar-refractivity contribution in [2.24, 2.45) is 0 Å². The van der Waals surface area contributed by atoms with Gasteiger partial charge >= 0.3 is 0 Å². The van der Waals surface area contributed by atoms with E-state index in [1.807, 2.05) is 109 Å². The molecule has 6 aromatic rings. The third kappa shape index (κ3) is 5.85. The summed E-state index contributed by atoms with van der Waals surface area (Å²) < 4.78 is 11.7. The summed E-state index contributed by atoms with van der Waals surface area (Å²) >= 11 is 0. The molecule has 0 saturated carbocycles.